The van der Waals surface area contributed by atoms with Crippen LogP contribution in [0.2, 0.25) is 0 Å². The van der Waals surface area contributed by atoms with Gasteiger partial charge in [0.2, 0.25) is 0 Å². The predicted molar refractivity (Wildman–Crippen MR) is 46.7 cm³/mol. The van der Waals surface area contributed by atoms with Gasteiger partial charge in [0.25, 0.3) is 10.1 Å². The summed E-state index contributed by atoms with van der Waals surface area (Å²) in [4.78, 5) is 20.4. The zero-order chi connectivity index (χ0) is 11.4. The number of aliphatic carboxylic acids is 2. The molecule has 3 N–H and O–H groups in total. The van der Waals surface area contributed by atoms with Gasteiger partial charge in [0.1, 0.15) is 0 Å². The summed E-state index contributed by atoms with van der Waals surface area (Å²) in [5, 5.41) is 14.7. The zero-order valence-electron chi connectivity index (χ0n) is 11.1. The van der Waals surface area contributed by atoms with E-state index in [0.717, 1.165) is 0 Å². The number of carboxylic acid groups (broad SMARTS) is 2. The molecule has 0 fully saturated rings. The molecule has 16 heavy (non-hydrogen) atoms. The Kier molecular flexibility index (Phi) is 13.6. The van der Waals surface area contributed by atoms with Crippen LogP contribution in [-0.2, 0) is 19.7 Å². The summed E-state index contributed by atoms with van der Waals surface area (Å²) in [5.74, 6) is -2.83. The van der Waals surface area contributed by atoms with Gasteiger partial charge >= 0.3 is 71.1 Å². The zero-order valence-corrected chi connectivity index (χ0v) is 13.9. The minimum atomic E-state index is -4.65. The molecule has 0 radical (unpaired) electrons. The molecule has 0 aromatic heterocycles. The molecule has 0 rings (SSSR count). The van der Waals surface area contributed by atoms with Crippen molar-refractivity contribution in [3.8, 4) is 0 Å². The molecule has 0 aromatic rings. The van der Waals surface area contributed by atoms with E-state index < -0.39 is 33.7 Å². The Morgan fingerprint density at radius 1 is 1.19 bits per heavy atom. The van der Waals surface area contributed by atoms with E-state index in [1.807, 2.05) is 0 Å². The summed E-state index contributed by atoms with van der Waals surface area (Å²) in [6.07, 6.45) is -0.869. The second-order valence-electron chi connectivity index (χ2n) is 2.63. The molecule has 1 atom stereocenters. The van der Waals surface area contributed by atoms with E-state index in [4.69, 9.17) is 14.8 Å². The third kappa shape index (κ3) is 10.0. The van der Waals surface area contributed by atoms with E-state index in [2.05, 4.69) is 0 Å². The third-order valence-corrected chi connectivity index (χ3v) is 2.65. The summed E-state index contributed by atoms with van der Waals surface area (Å²) in [5.41, 5.74) is 0. The van der Waals surface area contributed by atoms with Crippen molar-refractivity contribution >= 4 is 22.1 Å². The van der Waals surface area contributed by atoms with Crippen molar-refractivity contribution in [1.82, 2.24) is 0 Å². The van der Waals surface area contributed by atoms with E-state index in [-0.39, 0.29) is 74.8 Å². The first kappa shape index (κ1) is 22.1. The second-order valence-corrected chi connectivity index (χ2v) is 4.23. The Labute approximate surface area is 140 Å². The molecule has 86 valence electrons. The molecule has 1 unspecified atom stereocenters. The van der Waals surface area contributed by atoms with E-state index in [1.165, 1.54) is 0 Å². The van der Waals surface area contributed by atoms with Crippen LogP contribution in [0.5, 0.6) is 0 Å². The number of carboxylic acids is 2. The SMILES string of the molecule is O=C(O)CCCC(C(=O)O)S(=O)(=O)O.[H-].[H-].[Na+].[Na+]. The first-order chi connectivity index (χ1) is 6.25. The fourth-order valence-electron chi connectivity index (χ4n) is 0.838. The Morgan fingerprint density at radius 2 is 1.62 bits per heavy atom. The number of hydrogen-bond donors (Lipinski definition) is 3. The molecule has 0 aliphatic heterocycles. The van der Waals surface area contributed by atoms with Crippen LogP contribution in [0.15, 0.2) is 0 Å². The smallest absolute Gasteiger partial charge is 1.00 e. The molecule has 7 nitrogen and oxygen atoms in total. The van der Waals surface area contributed by atoms with Crippen LogP contribution in [0.3, 0.4) is 0 Å². The fraction of sp³-hybridized carbons (Fsp3) is 0.667. The molecule has 0 aliphatic carbocycles. The van der Waals surface area contributed by atoms with Crippen LogP contribution in [0, 0.1) is 0 Å². The Hall–Kier alpha value is 0.850. The minimum absolute atomic E-state index is 0. The van der Waals surface area contributed by atoms with E-state index in [9.17, 15) is 18.0 Å². The second kappa shape index (κ2) is 9.84. The molecule has 0 aliphatic rings. The van der Waals surface area contributed by atoms with Crippen molar-refractivity contribution < 1.29 is 94.7 Å². The van der Waals surface area contributed by atoms with E-state index >= 15 is 0 Å². The summed E-state index contributed by atoms with van der Waals surface area (Å²) in [6, 6.07) is 0. The summed E-state index contributed by atoms with van der Waals surface area (Å²) in [6.45, 7) is 0. The molecule has 10 heteroatoms. The quantitative estimate of drug-likeness (QED) is 0.324. The van der Waals surface area contributed by atoms with Crippen molar-refractivity contribution in [3.05, 3.63) is 0 Å². The van der Waals surface area contributed by atoms with Crippen LogP contribution < -0.4 is 59.1 Å². The maximum atomic E-state index is 10.5. The van der Waals surface area contributed by atoms with Gasteiger partial charge in [0.05, 0.1) is 0 Å². The van der Waals surface area contributed by atoms with Crippen LogP contribution in [-0.4, -0.2) is 40.4 Å². The van der Waals surface area contributed by atoms with Gasteiger partial charge in [-0.3, -0.25) is 14.1 Å². The van der Waals surface area contributed by atoms with Crippen LogP contribution in [0.1, 0.15) is 22.1 Å². The van der Waals surface area contributed by atoms with Crippen LogP contribution in [0.25, 0.3) is 0 Å². The van der Waals surface area contributed by atoms with Crippen LogP contribution in [0.4, 0.5) is 0 Å². The Bertz CT molecular complexity index is 335. The first-order valence-electron chi connectivity index (χ1n) is 3.66. The van der Waals surface area contributed by atoms with Gasteiger partial charge in [0.15, 0.2) is 5.25 Å². The van der Waals surface area contributed by atoms with Crippen molar-refractivity contribution in [2.75, 3.05) is 0 Å². The normalized spacial score (nSPS) is 11.8. The van der Waals surface area contributed by atoms with E-state index in [0.29, 0.717) is 0 Å². The fourth-order valence-corrected chi connectivity index (χ4v) is 1.56. The summed E-state index contributed by atoms with van der Waals surface area (Å²) in [7, 11) is -4.65. The maximum Gasteiger partial charge on any atom is 1.00 e. The van der Waals surface area contributed by atoms with Gasteiger partial charge in [-0.25, -0.2) is 0 Å². The van der Waals surface area contributed by atoms with Crippen molar-refractivity contribution in [3.63, 3.8) is 0 Å². The standard InChI is InChI=1S/C6H10O7S.2Na.2H/c7-5(8)3-1-2-4(6(9)10)14(11,12)13;;;;/h4H,1-3H2,(H,7,8)(H,9,10)(H,11,12,13);;;;/q;2*+1;2*-1. The Morgan fingerprint density at radius 3 is 1.88 bits per heavy atom. The van der Waals surface area contributed by atoms with Crippen LogP contribution >= 0.6 is 0 Å². The molecule has 0 saturated carbocycles. The van der Waals surface area contributed by atoms with Gasteiger partial charge < -0.3 is 13.1 Å². The van der Waals surface area contributed by atoms with E-state index in [1.54, 1.807) is 0 Å². The minimum Gasteiger partial charge on any atom is -1.00 e. The van der Waals surface area contributed by atoms with Gasteiger partial charge in [-0.15, -0.1) is 0 Å². The summed E-state index contributed by atoms with van der Waals surface area (Å²) < 4.78 is 29.4. The Balaban J connectivity index is -0.000000141. The molecule has 0 amide bonds. The molecule has 0 spiro atoms. The maximum absolute atomic E-state index is 10.5. The molecule has 0 heterocycles. The average Bonchev–Trinajstić information content (AvgIpc) is 1.94. The summed E-state index contributed by atoms with van der Waals surface area (Å²) >= 11 is 0. The van der Waals surface area contributed by atoms with Crippen molar-refractivity contribution in [2.45, 2.75) is 24.5 Å². The first-order valence-corrected chi connectivity index (χ1v) is 5.16. The van der Waals surface area contributed by atoms with Gasteiger partial charge in [-0.2, -0.15) is 8.42 Å². The predicted octanol–water partition coefficient (Wildman–Crippen LogP) is -6.18. The van der Waals surface area contributed by atoms with Gasteiger partial charge in [-0.1, -0.05) is 0 Å². The van der Waals surface area contributed by atoms with Gasteiger partial charge in [0, 0.05) is 6.42 Å². The topological polar surface area (TPSA) is 129 Å². The van der Waals surface area contributed by atoms with Crippen molar-refractivity contribution in [1.29, 1.82) is 0 Å². The number of rotatable bonds is 6. The largest absolute Gasteiger partial charge is 1.00 e. The number of hydrogen-bond acceptors (Lipinski definition) is 4. The van der Waals surface area contributed by atoms with Gasteiger partial charge in [-0.05, 0) is 12.8 Å². The average molecular weight is 274 g/mol. The molecular formula is C6H12Na2O7S. The molecule has 0 saturated heterocycles. The molecular weight excluding hydrogens is 262 g/mol. The monoisotopic (exact) mass is 274 g/mol. The third-order valence-electron chi connectivity index (χ3n) is 1.49. The van der Waals surface area contributed by atoms with Crippen molar-refractivity contribution in [2.24, 2.45) is 0 Å². The number of carbonyl (C=O) groups is 2. The molecule has 0 aromatic carbocycles. The molecule has 0 bridgehead atoms.